The highest BCUT2D eigenvalue weighted by Crippen LogP contribution is 2.32. The Bertz CT molecular complexity index is 370. The van der Waals surface area contributed by atoms with Gasteiger partial charge in [-0.2, -0.15) is 5.10 Å². The smallest absolute Gasteiger partial charge is 0.157 e. The second-order valence-electron chi connectivity index (χ2n) is 4.68. The lowest BCUT2D eigenvalue weighted by Crippen LogP contribution is -2.52. The minimum atomic E-state index is 0.0149. The third kappa shape index (κ3) is 3.18. The average Bonchev–Trinajstić information content (AvgIpc) is 2.77. The van der Waals surface area contributed by atoms with Gasteiger partial charge in [0.05, 0.1) is 17.8 Å². The van der Waals surface area contributed by atoms with Crippen molar-refractivity contribution in [3.63, 3.8) is 0 Å². The minimum Gasteiger partial charge on any atom is -0.484 e. The third-order valence-electron chi connectivity index (χ3n) is 3.04. The van der Waals surface area contributed by atoms with Crippen molar-refractivity contribution in [2.75, 3.05) is 6.61 Å². The van der Waals surface area contributed by atoms with Crippen LogP contribution in [0.25, 0.3) is 0 Å². The minimum absolute atomic E-state index is 0.0149. The van der Waals surface area contributed by atoms with E-state index < -0.39 is 0 Å². The Hall–Kier alpha value is -0.740. The van der Waals surface area contributed by atoms with Gasteiger partial charge >= 0.3 is 0 Å². The van der Waals surface area contributed by atoms with Crippen LogP contribution >= 0.6 is 11.6 Å². The molecule has 3 unspecified atom stereocenters. The molecule has 0 saturated heterocycles. The second kappa shape index (κ2) is 6.43. The predicted molar refractivity (Wildman–Crippen MR) is 71.2 cm³/mol. The molecule has 1 fully saturated rings. The molecule has 0 spiro atoms. The van der Waals surface area contributed by atoms with E-state index in [1.165, 1.54) is 0 Å². The van der Waals surface area contributed by atoms with E-state index in [9.17, 15) is 0 Å². The molecule has 4 nitrogen and oxygen atoms in total. The van der Waals surface area contributed by atoms with Crippen molar-refractivity contribution < 1.29 is 9.47 Å². The Balaban J connectivity index is 1.84. The van der Waals surface area contributed by atoms with E-state index in [1.807, 2.05) is 10.9 Å². The molecular formula is C13H21ClN2O2. The van der Waals surface area contributed by atoms with E-state index in [0.717, 1.165) is 38.2 Å². The molecule has 1 aliphatic rings. The monoisotopic (exact) mass is 272 g/mol. The van der Waals surface area contributed by atoms with Gasteiger partial charge in [0.2, 0.25) is 0 Å². The molecular weight excluding hydrogens is 252 g/mol. The van der Waals surface area contributed by atoms with Crippen LogP contribution in [0.4, 0.5) is 0 Å². The Kier molecular flexibility index (Phi) is 4.89. The van der Waals surface area contributed by atoms with Gasteiger partial charge in [-0.1, -0.05) is 13.8 Å². The quantitative estimate of drug-likeness (QED) is 0.716. The van der Waals surface area contributed by atoms with E-state index >= 15 is 0 Å². The van der Waals surface area contributed by atoms with Gasteiger partial charge in [-0.05, 0) is 12.8 Å². The summed E-state index contributed by atoms with van der Waals surface area (Å²) in [4.78, 5) is 0. The van der Waals surface area contributed by atoms with Gasteiger partial charge in [0, 0.05) is 19.6 Å². The Morgan fingerprint density at radius 2 is 2.28 bits per heavy atom. The zero-order valence-electron chi connectivity index (χ0n) is 11.0. The molecule has 18 heavy (non-hydrogen) atoms. The molecule has 0 aliphatic heterocycles. The maximum absolute atomic E-state index is 6.14. The SMILES string of the molecule is CCCOC1C(Cl)CC1Oc1cnn(CCC)c1. The molecule has 0 radical (unpaired) electrons. The summed E-state index contributed by atoms with van der Waals surface area (Å²) in [6, 6.07) is 0. The van der Waals surface area contributed by atoms with Gasteiger partial charge in [0.25, 0.3) is 0 Å². The molecule has 102 valence electrons. The van der Waals surface area contributed by atoms with Crippen LogP contribution < -0.4 is 4.74 Å². The predicted octanol–water partition coefficient (Wildman–Crippen LogP) is 2.85. The molecule has 1 aromatic heterocycles. The Morgan fingerprint density at radius 1 is 1.44 bits per heavy atom. The number of hydrogen-bond donors (Lipinski definition) is 0. The van der Waals surface area contributed by atoms with Gasteiger partial charge in [0.15, 0.2) is 5.75 Å². The first-order chi connectivity index (χ1) is 8.74. The first-order valence-electron chi connectivity index (χ1n) is 6.69. The van der Waals surface area contributed by atoms with Crippen LogP contribution in [-0.4, -0.2) is 34.0 Å². The fraction of sp³-hybridized carbons (Fsp3) is 0.769. The van der Waals surface area contributed by atoms with Crippen LogP contribution in [0.1, 0.15) is 33.1 Å². The fourth-order valence-corrected chi connectivity index (χ4v) is 2.45. The lowest BCUT2D eigenvalue weighted by atomic mass is 9.91. The summed E-state index contributed by atoms with van der Waals surface area (Å²) in [7, 11) is 0. The van der Waals surface area contributed by atoms with Crippen LogP contribution in [0.3, 0.4) is 0 Å². The summed E-state index contributed by atoms with van der Waals surface area (Å²) in [5.41, 5.74) is 0. The summed E-state index contributed by atoms with van der Waals surface area (Å²) in [6.45, 7) is 5.87. The number of rotatable bonds is 7. The van der Waals surface area contributed by atoms with E-state index in [0.29, 0.717) is 0 Å². The zero-order valence-corrected chi connectivity index (χ0v) is 11.8. The lowest BCUT2D eigenvalue weighted by molar-refractivity contribution is -0.0798. The summed E-state index contributed by atoms with van der Waals surface area (Å²) in [5.74, 6) is 0.808. The highest BCUT2D eigenvalue weighted by molar-refractivity contribution is 6.21. The largest absolute Gasteiger partial charge is 0.484 e. The molecule has 0 aromatic carbocycles. The van der Waals surface area contributed by atoms with Crippen molar-refractivity contribution >= 4 is 11.6 Å². The number of ether oxygens (including phenoxy) is 2. The molecule has 0 amide bonds. The number of halogens is 1. The van der Waals surface area contributed by atoms with E-state index in [4.69, 9.17) is 21.1 Å². The summed E-state index contributed by atoms with van der Waals surface area (Å²) >= 11 is 6.14. The Labute approximate surface area is 113 Å². The fourth-order valence-electron chi connectivity index (χ4n) is 2.04. The number of alkyl halides is 1. The molecule has 1 heterocycles. The third-order valence-corrected chi connectivity index (χ3v) is 3.47. The molecule has 5 heteroatoms. The van der Waals surface area contributed by atoms with Gasteiger partial charge < -0.3 is 9.47 Å². The van der Waals surface area contributed by atoms with Gasteiger partial charge in [-0.15, -0.1) is 11.6 Å². The van der Waals surface area contributed by atoms with Crippen molar-refractivity contribution in [1.29, 1.82) is 0 Å². The first-order valence-corrected chi connectivity index (χ1v) is 7.13. The van der Waals surface area contributed by atoms with E-state index in [2.05, 4.69) is 18.9 Å². The summed E-state index contributed by atoms with van der Waals surface area (Å²) in [6.07, 6.45) is 6.68. The maximum Gasteiger partial charge on any atom is 0.157 e. The van der Waals surface area contributed by atoms with Crippen LogP contribution in [0.15, 0.2) is 12.4 Å². The molecule has 3 atom stereocenters. The standard InChI is InChI=1S/C13H21ClN2O2/c1-3-5-16-9-10(8-15-16)18-12-7-11(14)13(12)17-6-4-2/h8-9,11-13H,3-7H2,1-2H3. The maximum atomic E-state index is 6.14. The zero-order chi connectivity index (χ0) is 13.0. The molecule has 0 bridgehead atoms. The highest BCUT2D eigenvalue weighted by atomic mass is 35.5. The van der Waals surface area contributed by atoms with Gasteiger partial charge in [0.1, 0.15) is 12.2 Å². The molecule has 1 aromatic rings. The normalized spacial score (nSPS) is 26.9. The molecule has 2 rings (SSSR count). The van der Waals surface area contributed by atoms with Gasteiger partial charge in [-0.3, -0.25) is 4.68 Å². The first kappa shape index (κ1) is 13.7. The van der Waals surface area contributed by atoms with Gasteiger partial charge in [-0.25, -0.2) is 0 Å². The Morgan fingerprint density at radius 3 is 2.94 bits per heavy atom. The number of aryl methyl sites for hydroxylation is 1. The lowest BCUT2D eigenvalue weighted by Gasteiger charge is -2.40. The summed E-state index contributed by atoms with van der Waals surface area (Å²) in [5, 5.41) is 4.32. The van der Waals surface area contributed by atoms with Crippen molar-refractivity contribution in [2.24, 2.45) is 0 Å². The molecule has 1 saturated carbocycles. The highest BCUT2D eigenvalue weighted by Gasteiger charge is 2.42. The topological polar surface area (TPSA) is 36.3 Å². The number of hydrogen-bond acceptors (Lipinski definition) is 3. The van der Waals surface area contributed by atoms with Crippen molar-refractivity contribution in [3.05, 3.63) is 12.4 Å². The van der Waals surface area contributed by atoms with Crippen molar-refractivity contribution in [3.8, 4) is 5.75 Å². The van der Waals surface area contributed by atoms with Crippen molar-refractivity contribution in [2.45, 2.75) is 57.2 Å². The van der Waals surface area contributed by atoms with E-state index in [1.54, 1.807) is 6.20 Å². The second-order valence-corrected chi connectivity index (χ2v) is 5.24. The van der Waals surface area contributed by atoms with Crippen LogP contribution in [0.5, 0.6) is 5.75 Å². The average molecular weight is 273 g/mol. The number of aromatic nitrogens is 2. The van der Waals surface area contributed by atoms with E-state index in [-0.39, 0.29) is 17.6 Å². The van der Waals surface area contributed by atoms with Crippen LogP contribution in [-0.2, 0) is 11.3 Å². The van der Waals surface area contributed by atoms with Crippen molar-refractivity contribution in [1.82, 2.24) is 9.78 Å². The molecule has 0 N–H and O–H groups in total. The number of nitrogens with zero attached hydrogens (tertiary/aromatic N) is 2. The van der Waals surface area contributed by atoms with Crippen LogP contribution in [0.2, 0.25) is 0 Å². The molecule has 1 aliphatic carbocycles. The van der Waals surface area contributed by atoms with Crippen LogP contribution in [0, 0.1) is 0 Å². The summed E-state index contributed by atoms with van der Waals surface area (Å²) < 4.78 is 13.5.